The van der Waals surface area contributed by atoms with E-state index in [1.54, 1.807) is 26.1 Å². The Morgan fingerprint density at radius 2 is 2.06 bits per heavy atom. The van der Waals surface area contributed by atoms with Crippen LogP contribution in [0.3, 0.4) is 0 Å². The summed E-state index contributed by atoms with van der Waals surface area (Å²) < 4.78 is 6.67. The molecule has 0 unspecified atom stereocenters. The molecule has 3 aromatic heterocycles. The number of aryl methyl sites for hydroxylation is 2. The summed E-state index contributed by atoms with van der Waals surface area (Å²) in [4.78, 5) is 47.7. The molecule has 0 fully saturated rings. The molecule has 4 rings (SSSR count). The van der Waals surface area contributed by atoms with Crippen molar-refractivity contribution in [2.24, 2.45) is 0 Å². The van der Waals surface area contributed by atoms with Crippen molar-refractivity contribution in [2.45, 2.75) is 63.3 Å². The minimum atomic E-state index is -0.576. The fraction of sp³-hybridized carbons (Fsp3) is 0.435. The molecule has 1 aliphatic rings. The van der Waals surface area contributed by atoms with Crippen LogP contribution in [-0.4, -0.2) is 38.1 Å². The Kier molecular flexibility index (Phi) is 7.14. The molecule has 3 heterocycles. The molecule has 174 valence electrons. The van der Waals surface area contributed by atoms with E-state index in [1.807, 2.05) is 13.0 Å². The van der Waals surface area contributed by atoms with Crippen LogP contribution in [-0.2, 0) is 22.4 Å². The first-order chi connectivity index (χ1) is 15.9. The van der Waals surface area contributed by atoms with Crippen LogP contribution in [0.15, 0.2) is 28.3 Å². The van der Waals surface area contributed by atoms with E-state index in [2.05, 4.69) is 15.3 Å². The molecule has 8 nitrogen and oxygen atoms in total. The van der Waals surface area contributed by atoms with E-state index in [1.165, 1.54) is 15.7 Å². The third-order valence-corrected chi connectivity index (χ3v) is 7.72. The van der Waals surface area contributed by atoms with Crippen molar-refractivity contribution in [3.63, 3.8) is 0 Å². The summed E-state index contributed by atoms with van der Waals surface area (Å²) in [6.07, 6.45) is 6.56. The van der Waals surface area contributed by atoms with Crippen molar-refractivity contribution in [3.05, 3.63) is 50.4 Å². The maximum absolute atomic E-state index is 13.0. The SMILES string of the molecule is CCOC(=O)c1c(NC(=O)[C@H](C)Sc2nc(=O)n3cccc(C)c3n2)sc2c1CCCCC2. The van der Waals surface area contributed by atoms with Gasteiger partial charge in [-0.25, -0.2) is 14.6 Å². The van der Waals surface area contributed by atoms with Crippen LogP contribution in [0.25, 0.3) is 5.65 Å². The Morgan fingerprint density at radius 3 is 2.85 bits per heavy atom. The number of nitrogens with one attached hydrogen (secondary N) is 1. The molecule has 1 aliphatic carbocycles. The van der Waals surface area contributed by atoms with Crippen LogP contribution in [0.5, 0.6) is 0 Å². The average molecular weight is 487 g/mol. The highest BCUT2D eigenvalue weighted by Crippen LogP contribution is 2.38. The number of hydrogen-bond acceptors (Lipinski definition) is 8. The summed E-state index contributed by atoms with van der Waals surface area (Å²) in [6.45, 7) is 5.64. The smallest absolute Gasteiger partial charge is 0.355 e. The van der Waals surface area contributed by atoms with Gasteiger partial charge in [0.2, 0.25) is 5.91 Å². The summed E-state index contributed by atoms with van der Waals surface area (Å²) in [5, 5.41) is 3.13. The number of anilines is 1. The molecule has 1 atom stereocenters. The lowest BCUT2D eigenvalue weighted by molar-refractivity contribution is -0.115. The van der Waals surface area contributed by atoms with Gasteiger partial charge in [0.05, 0.1) is 17.4 Å². The van der Waals surface area contributed by atoms with E-state index in [4.69, 9.17) is 4.74 Å². The standard InChI is InChI=1S/C23H26N4O4S2/c1-4-31-21(29)17-15-10-6-5-7-11-16(15)33-20(17)25-19(28)14(3)32-22-24-18-13(2)9-8-12-27(18)23(30)26-22/h8-9,12,14H,4-7,10-11H2,1-3H3,(H,25,28)/t14-/m0/s1. The van der Waals surface area contributed by atoms with Gasteiger partial charge in [0.1, 0.15) is 10.6 Å². The van der Waals surface area contributed by atoms with Crippen molar-refractivity contribution in [3.8, 4) is 0 Å². The lowest BCUT2D eigenvalue weighted by atomic mass is 10.1. The molecule has 0 saturated carbocycles. The van der Waals surface area contributed by atoms with E-state index in [0.29, 0.717) is 16.2 Å². The molecule has 33 heavy (non-hydrogen) atoms. The zero-order chi connectivity index (χ0) is 23.5. The topological polar surface area (TPSA) is 103 Å². The van der Waals surface area contributed by atoms with E-state index in [-0.39, 0.29) is 17.7 Å². The molecule has 0 bridgehead atoms. The third kappa shape index (κ3) is 4.96. The van der Waals surface area contributed by atoms with E-state index < -0.39 is 16.9 Å². The van der Waals surface area contributed by atoms with Gasteiger partial charge >= 0.3 is 11.7 Å². The predicted molar refractivity (Wildman–Crippen MR) is 129 cm³/mol. The second-order valence-corrected chi connectivity index (χ2v) is 10.3. The maximum Gasteiger partial charge on any atom is 0.355 e. The molecule has 0 spiro atoms. The number of rotatable bonds is 6. The first kappa shape index (κ1) is 23.4. The van der Waals surface area contributed by atoms with Gasteiger partial charge in [0, 0.05) is 11.1 Å². The fourth-order valence-electron chi connectivity index (χ4n) is 3.88. The van der Waals surface area contributed by atoms with Gasteiger partial charge in [-0.2, -0.15) is 4.98 Å². The van der Waals surface area contributed by atoms with Crippen LogP contribution in [0.2, 0.25) is 0 Å². The van der Waals surface area contributed by atoms with E-state index >= 15 is 0 Å². The Balaban J connectivity index is 1.57. The maximum atomic E-state index is 13.0. The normalized spacial score (nSPS) is 14.4. The molecule has 1 N–H and O–H groups in total. The average Bonchev–Trinajstić information content (AvgIpc) is 2.95. The van der Waals surface area contributed by atoms with Crippen LogP contribution < -0.4 is 11.0 Å². The minimum absolute atomic E-state index is 0.240. The summed E-state index contributed by atoms with van der Waals surface area (Å²) in [7, 11) is 0. The molecular formula is C23H26N4O4S2. The van der Waals surface area contributed by atoms with Crippen LogP contribution in [0.4, 0.5) is 5.00 Å². The number of fused-ring (bicyclic) bond motifs is 2. The summed E-state index contributed by atoms with van der Waals surface area (Å²) in [6, 6.07) is 3.63. The Morgan fingerprint density at radius 1 is 1.27 bits per heavy atom. The van der Waals surface area contributed by atoms with Crippen LogP contribution >= 0.6 is 23.1 Å². The summed E-state index contributed by atoms with van der Waals surface area (Å²) in [5.74, 6) is -0.676. The number of hydrogen-bond donors (Lipinski definition) is 1. The van der Waals surface area contributed by atoms with Gasteiger partial charge in [0.25, 0.3) is 0 Å². The molecule has 0 aromatic carbocycles. The number of pyridine rings is 1. The van der Waals surface area contributed by atoms with Crippen molar-refractivity contribution in [1.82, 2.24) is 14.4 Å². The number of aromatic nitrogens is 3. The monoisotopic (exact) mass is 486 g/mol. The summed E-state index contributed by atoms with van der Waals surface area (Å²) >= 11 is 2.57. The van der Waals surface area contributed by atoms with Crippen LogP contribution in [0.1, 0.15) is 59.5 Å². The van der Waals surface area contributed by atoms with Crippen molar-refractivity contribution in [2.75, 3.05) is 11.9 Å². The molecular weight excluding hydrogens is 460 g/mol. The number of thioether (sulfide) groups is 1. The minimum Gasteiger partial charge on any atom is -0.462 e. The third-order valence-electron chi connectivity index (χ3n) is 5.55. The van der Waals surface area contributed by atoms with Gasteiger partial charge in [-0.05, 0) is 63.6 Å². The zero-order valence-electron chi connectivity index (χ0n) is 18.8. The van der Waals surface area contributed by atoms with Gasteiger partial charge in [-0.3, -0.25) is 9.20 Å². The largest absolute Gasteiger partial charge is 0.462 e. The first-order valence-corrected chi connectivity index (χ1v) is 12.7. The summed E-state index contributed by atoms with van der Waals surface area (Å²) in [5.41, 5.74) is 2.41. The number of ether oxygens (including phenoxy) is 1. The first-order valence-electron chi connectivity index (χ1n) is 11.0. The van der Waals surface area contributed by atoms with E-state index in [0.717, 1.165) is 59.9 Å². The van der Waals surface area contributed by atoms with Gasteiger partial charge in [-0.15, -0.1) is 11.3 Å². The molecule has 10 heteroatoms. The van der Waals surface area contributed by atoms with Crippen molar-refractivity contribution in [1.29, 1.82) is 0 Å². The Bertz CT molecular complexity index is 1270. The molecule has 0 radical (unpaired) electrons. The number of carbonyl (C=O) groups excluding carboxylic acids is 2. The molecule has 3 aromatic rings. The number of thiophene rings is 1. The highest BCUT2D eigenvalue weighted by Gasteiger charge is 2.28. The number of nitrogens with zero attached hydrogens (tertiary/aromatic N) is 3. The van der Waals surface area contributed by atoms with Gasteiger partial charge < -0.3 is 10.1 Å². The number of amides is 1. The predicted octanol–water partition coefficient (Wildman–Crippen LogP) is 4.02. The fourth-order valence-corrected chi connectivity index (χ4v) is 5.92. The number of carbonyl (C=O) groups is 2. The van der Waals surface area contributed by atoms with Gasteiger partial charge in [-0.1, -0.05) is 24.2 Å². The molecule has 1 amide bonds. The van der Waals surface area contributed by atoms with Crippen molar-refractivity contribution < 1.29 is 14.3 Å². The zero-order valence-corrected chi connectivity index (χ0v) is 20.5. The second kappa shape index (κ2) is 10.0. The highest BCUT2D eigenvalue weighted by molar-refractivity contribution is 8.00. The Hall–Kier alpha value is -2.72. The lowest BCUT2D eigenvalue weighted by Crippen LogP contribution is -2.25. The van der Waals surface area contributed by atoms with Crippen molar-refractivity contribution >= 4 is 45.6 Å². The molecule has 0 saturated heterocycles. The van der Waals surface area contributed by atoms with E-state index in [9.17, 15) is 14.4 Å². The highest BCUT2D eigenvalue weighted by atomic mass is 32.2. The van der Waals surface area contributed by atoms with Gasteiger partial charge in [0.15, 0.2) is 5.16 Å². The Labute approximate surface area is 199 Å². The second-order valence-electron chi connectivity index (χ2n) is 7.91. The van der Waals surface area contributed by atoms with Crippen LogP contribution in [0, 0.1) is 6.92 Å². The number of esters is 1. The molecule has 0 aliphatic heterocycles. The quantitative estimate of drug-likeness (QED) is 0.319. The lowest BCUT2D eigenvalue weighted by Gasteiger charge is -2.12.